The van der Waals surface area contributed by atoms with Crippen molar-refractivity contribution >= 4 is 17.8 Å². The second-order valence-corrected chi connectivity index (χ2v) is 8.09. The van der Waals surface area contributed by atoms with Gasteiger partial charge in [0.25, 0.3) is 0 Å². The van der Waals surface area contributed by atoms with Crippen molar-refractivity contribution in [1.82, 2.24) is 0 Å². The zero-order chi connectivity index (χ0) is 15.3. The summed E-state index contributed by atoms with van der Waals surface area (Å²) >= 11 is 0. The van der Waals surface area contributed by atoms with E-state index in [9.17, 15) is 9.67 Å². The van der Waals surface area contributed by atoms with E-state index in [-0.39, 0.29) is 0 Å². The minimum absolute atomic E-state index is 0.428. The quantitative estimate of drug-likeness (QED) is 0.679. The van der Waals surface area contributed by atoms with E-state index in [4.69, 9.17) is 0 Å². The molecular weight excluding hydrogens is 279 g/mol. The van der Waals surface area contributed by atoms with Crippen molar-refractivity contribution in [3.05, 3.63) is 72.3 Å². The fourth-order valence-corrected chi connectivity index (χ4v) is 4.71. The van der Waals surface area contributed by atoms with Gasteiger partial charge in [0.05, 0.1) is 6.10 Å². The lowest BCUT2D eigenvalue weighted by Crippen LogP contribution is -2.18. The molecule has 110 valence electrons. The second kappa shape index (κ2) is 6.89. The van der Waals surface area contributed by atoms with Gasteiger partial charge >= 0.3 is 0 Å². The molecule has 0 saturated heterocycles. The molecule has 3 heteroatoms. The Morgan fingerprint density at radius 3 is 1.86 bits per heavy atom. The first-order valence-electron chi connectivity index (χ1n) is 7.09. The maximum absolute atomic E-state index is 13.6. The molecule has 0 aliphatic carbocycles. The van der Waals surface area contributed by atoms with E-state index in [1.165, 1.54) is 0 Å². The fourth-order valence-electron chi connectivity index (χ4n) is 2.14. The van der Waals surface area contributed by atoms with E-state index in [0.717, 1.165) is 16.2 Å². The van der Waals surface area contributed by atoms with Gasteiger partial charge in [-0.2, -0.15) is 0 Å². The minimum atomic E-state index is -2.71. The first kappa shape index (κ1) is 15.8. The highest BCUT2D eigenvalue weighted by Gasteiger charge is 2.25. The number of aliphatic hydroxyl groups excluding tert-OH is 1. The summed E-state index contributed by atoms with van der Waals surface area (Å²) < 4.78 is 13.6. The van der Waals surface area contributed by atoms with Gasteiger partial charge in [0.15, 0.2) is 0 Å². The number of aliphatic hydroxyl groups is 1. The molecule has 21 heavy (non-hydrogen) atoms. The molecule has 2 nitrogen and oxygen atoms in total. The van der Waals surface area contributed by atoms with Crippen molar-refractivity contribution < 1.29 is 9.67 Å². The van der Waals surface area contributed by atoms with Gasteiger partial charge in [0, 0.05) is 16.8 Å². The van der Waals surface area contributed by atoms with Crippen LogP contribution in [-0.2, 0) is 4.57 Å². The minimum Gasteiger partial charge on any atom is -0.389 e. The van der Waals surface area contributed by atoms with E-state index in [2.05, 4.69) is 0 Å². The molecule has 0 aliphatic heterocycles. The van der Waals surface area contributed by atoms with Crippen LogP contribution in [0.25, 0.3) is 0 Å². The number of benzene rings is 2. The lowest BCUT2D eigenvalue weighted by molar-refractivity contribution is 0.231. The largest absolute Gasteiger partial charge is 0.389 e. The Morgan fingerprint density at radius 2 is 1.48 bits per heavy atom. The average molecular weight is 300 g/mol. The third-order valence-corrected chi connectivity index (χ3v) is 6.64. The molecule has 0 aliphatic rings. The van der Waals surface area contributed by atoms with Gasteiger partial charge in [0.1, 0.15) is 7.14 Å². The molecule has 0 amide bonds. The molecule has 0 spiro atoms. The van der Waals surface area contributed by atoms with Crippen LogP contribution in [0.3, 0.4) is 0 Å². The molecule has 2 aromatic rings. The molecule has 2 rings (SSSR count). The van der Waals surface area contributed by atoms with Crippen LogP contribution >= 0.6 is 7.14 Å². The first-order chi connectivity index (χ1) is 10.0. The van der Waals surface area contributed by atoms with Crippen LogP contribution in [0.5, 0.6) is 0 Å². The Bertz CT molecular complexity index is 602. The van der Waals surface area contributed by atoms with Gasteiger partial charge in [-0.3, -0.25) is 0 Å². The third-order valence-electron chi connectivity index (χ3n) is 3.68. The van der Waals surface area contributed by atoms with Crippen molar-refractivity contribution in [2.45, 2.75) is 20.0 Å². The van der Waals surface area contributed by atoms with E-state index in [0.29, 0.717) is 6.16 Å². The van der Waals surface area contributed by atoms with E-state index in [1.54, 1.807) is 6.92 Å². The number of hydrogen-bond donors (Lipinski definition) is 1. The predicted octanol–water partition coefficient (Wildman–Crippen LogP) is 3.33. The monoisotopic (exact) mass is 300 g/mol. The highest BCUT2D eigenvalue weighted by atomic mass is 31.2. The lowest BCUT2D eigenvalue weighted by atomic mass is 10.2. The molecule has 0 radical (unpaired) electrons. The van der Waals surface area contributed by atoms with Crippen LogP contribution in [0.2, 0.25) is 0 Å². The van der Waals surface area contributed by atoms with Crippen molar-refractivity contribution in [2.75, 3.05) is 6.16 Å². The van der Waals surface area contributed by atoms with Gasteiger partial charge < -0.3 is 9.67 Å². The molecule has 0 fully saturated rings. The number of allylic oxidation sites excluding steroid dienone is 1. The second-order valence-electron chi connectivity index (χ2n) is 5.22. The van der Waals surface area contributed by atoms with Crippen molar-refractivity contribution in [3.8, 4) is 0 Å². The molecule has 0 aromatic heterocycles. The topological polar surface area (TPSA) is 37.3 Å². The maximum Gasteiger partial charge on any atom is 0.146 e. The summed E-state index contributed by atoms with van der Waals surface area (Å²) in [5, 5.41) is 11.3. The van der Waals surface area contributed by atoms with Gasteiger partial charge in [-0.15, -0.1) is 0 Å². The summed E-state index contributed by atoms with van der Waals surface area (Å²) in [6, 6.07) is 19.2. The van der Waals surface area contributed by atoms with Crippen LogP contribution in [-0.4, -0.2) is 17.4 Å². The lowest BCUT2D eigenvalue weighted by Gasteiger charge is -2.18. The standard InChI is InChI=1S/C18H21O2P/c1-15(16(2)19)13-14-21(20,17-9-5-3-6-10-17)18-11-7-4-8-12-18/h3-13,16,19H,14H2,1-2H3/b15-13+/t16-/m1/s1. The predicted molar refractivity (Wildman–Crippen MR) is 90.1 cm³/mol. The van der Waals surface area contributed by atoms with Gasteiger partial charge in [0.2, 0.25) is 0 Å². The smallest absolute Gasteiger partial charge is 0.146 e. The highest BCUT2D eigenvalue weighted by Crippen LogP contribution is 2.43. The zero-order valence-corrected chi connectivity index (χ0v) is 13.3. The number of rotatable bonds is 5. The number of hydrogen-bond acceptors (Lipinski definition) is 2. The molecule has 0 unspecified atom stereocenters. The first-order valence-corrected chi connectivity index (χ1v) is 8.98. The highest BCUT2D eigenvalue weighted by molar-refractivity contribution is 7.78. The summed E-state index contributed by atoms with van der Waals surface area (Å²) in [4.78, 5) is 0. The summed E-state index contributed by atoms with van der Waals surface area (Å²) in [6.07, 6.45) is 1.81. The van der Waals surface area contributed by atoms with Crippen molar-refractivity contribution in [2.24, 2.45) is 0 Å². The van der Waals surface area contributed by atoms with Gasteiger partial charge in [-0.1, -0.05) is 66.7 Å². The Balaban J connectivity index is 2.46. The maximum atomic E-state index is 13.6. The van der Waals surface area contributed by atoms with E-state index >= 15 is 0 Å². The Hall–Kier alpha value is -1.63. The van der Waals surface area contributed by atoms with Crippen molar-refractivity contribution in [3.63, 3.8) is 0 Å². The molecule has 0 saturated carbocycles. The van der Waals surface area contributed by atoms with Gasteiger partial charge in [-0.25, -0.2) is 0 Å². The average Bonchev–Trinajstić information content (AvgIpc) is 2.53. The van der Waals surface area contributed by atoms with E-state index in [1.807, 2.05) is 73.7 Å². The van der Waals surface area contributed by atoms with Crippen LogP contribution in [0.4, 0.5) is 0 Å². The van der Waals surface area contributed by atoms with Crippen LogP contribution in [0.1, 0.15) is 13.8 Å². The van der Waals surface area contributed by atoms with Gasteiger partial charge in [-0.05, 0) is 19.4 Å². The Kier molecular flexibility index (Phi) is 5.17. The zero-order valence-electron chi connectivity index (χ0n) is 12.4. The van der Waals surface area contributed by atoms with Crippen LogP contribution in [0, 0.1) is 0 Å². The molecule has 2 aromatic carbocycles. The third kappa shape index (κ3) is 3.72. The van der Waals surface area contributed by atoms with E-state index < -0.39 is 13.2 Å². The SMILES string of the molecule is C/C(=C\CP(=O)(c1ccccc1)c1ccccc1)[C@@H](C)O. The van der Waals surface area contributed by atoms with Crippen LogP contribution < -0.4 is 10.6 Å². The Labute approximate surface area is 126 Å². The summed E-state index contributed by atoms with van der Waals surface area (Å²) in [5.41, 5.74) is 0.849. The molecular formula is C18H21O2P. The van der Waals surface area contributed by atoms with Crippen molar-refractivity contribution in [1.29, 1.82) is 0 Å². The summed E-state index contributed by atoms with van der Waals surface area (Å²) in [5.74, 6) is 0. The molecule has 1 atom stereocenters. The summed E-state index contributed by atoms with van der Waals surface area (Å²) in [7, 11) is -2.71. The van der Waals surface area contributed by atoms with Crippen LogP contribution in [0.15, 0.2) is 72.3 Å². The fraction of sp³-hybridized carbons (Fsp3) is 0.222. The molecule has 0 heterocycles. The molecule has 0 bridgehead atoms. The Morgan fingerprint density at radius 1 is 1.05 bits per heavy atom. The summed E-state index contributed by atoms with van der Waals surface area (Å²) in [6.45, 7) is 3.59. The molecule has 1 N–H and O–H groups in total. The normalized spacial score (nSPS) is 14.0.